The Kier molecular flexibility index (Phi) is 4.60. The summed E-state index contributed by atoms with van der Waals surface area (Å²) >= 11 is 0. The highest BCUT2D eigenvalue weighted by atomic mass is 16.4. The van der Waals surface area contributed by atoms with Gasteiger partial charge in [0.25, 0.3) is 0 Å². The molecule has 0 unspecified atom stereocenters. The first-order valence-corrected chi connectivity index (χ1v) is 8.11. The maximum absolute atomic E-state index is 11.2. The van der Waals surface area contributed by atoms with Crippen LogP contribution in [0, 0.1) is 6.92 Å². The third-order valence-corrected chi connectivity index (χ3v) is 4.37. The van der Waals surface area contributed by atoms with Crippen LogP contribution in [0.1, 0.15) is 53.8 Å². The molecule has 120 valence electrons. The van der Waals surface area contributed by atoms with E-state index in [1.165, 1.54) is 19.3 Å². The first-order valence-electron chi connectivity index (χ1n) is 8.11. The van der Waals surface area contributed by atoms with Gasteiger partial charge in [-0.05, 0) is 43.5 Å². The molecule has 4 heteroatoms. The van der Waals surface area contributed by atoms with Crippen LogP contribution in [0.3, 0.4) is 0 Å². The number of carboxylic acid groups (broad SMARTS) is 1. The second kappa shape index (κ2) is 6.82. The molecular weight excluding hydrogens is 290 g/mol. The standard InChI is InChI=1S/C19H21NO3/c1-13-7-8-14(11-17(13)19(21)22)18-10-9-16(23-18)12-20-15-5-3-2-4-6-15/h7-12,15H,2-6H2,1H3,(H,21,22). The summed E-state index contributed by atoms with van der Waals surface area (Å²) in [4.78, 5) is 15.8. The topological polar surface area (TPSA) is 62.8 Å². The van der Waals surface area contributed by atoms with Crippen LogP contribution in [0.5, 0.6) is 0 Å². The third-order valence-electron chi connectivity index (χ3n) is 4.37. The number of hydrogen-bond donors (Lipinski definition) is 1. The number of nitrogens with zero attached hydrogens (tertiary/aromatic N) is 1. The van der Waals surface area contributed by atoms with Crippen molar-refractivity contribution in [3.63, 3.8) is 0 Å². The first-order chi connectivity index (χ1) is 11.1. The van der Waals surface area contributed by atoms with Crippen molar-refractivity contribution in [3.05, 3.63) is 47.2 Å². The highest BCUT2D eigenvalue weighted by Gasteiger charge is 2.12. The van der Waals surface area contributed by atoms with E-state index >= 15 is 0 Å². The average Bonchev–Trinajstić information content (AvgIpc) is 3.03. The second-order valence-corrected chi connectivity index (χ2v) is 6.11. The number of rotatable bonds is 4. The van der Waals surface area contributed by atoms with Gasteiger partial charge in [0.1, 0.15) is 11.5 Å². The largest absolute Gasteiger partial charge is 0.478 e. The van der Waals surface area contributed by atoms with Crippen molar-refractivity contribution in [3.8, 4) is 11.3 Å². The summed E-state index contributed by atoms with van der Waals surface area (Å²) in [7, 11) is 0. The number of aliphatic imine (C=N–C) groups is 1. The number of hydrogen-bond acceptors (Lipinski definition) is 3. The predicted molar refractivity (Wildman–Crippen MR) is 90.3 cm³/mol. The van der Waals surface area contributed by atoms with Crippen LogP contribution in [-0.2, 0) is 0 Å². The summed E-state index contributed by atoms with van der Waals surface area (Å²) in [5, 5.41) is 9.22. The number of aryl methyl sites for hydroxylation is 1. The highest BCUT2D eigenvalue weighted by molar-refractivity contribution is 5.91. The summed E-state index contributed by atoms with van der Waals surface area (Å²) < 4.78 is 5.79. The Labute approximate surface area is 135 Å². The molecule has 1 aliphatic carbocycles. The van der Waals surface area contributed by atoms with E-state index in [-0.39, 0.29) is 0 Å². The van der Waals surface area contributed by atoms with Crippen LogP contribution in [0.2, 0.25) is 0 Å². The number of benzene rings is 1. The van der Waals surface area contributed by atoms with Gasteiger partial charge in [0.15, 0.2) is 0 Å². The van der Waals surface area contributed by atoms with Crippen molar-refractivity contribution in [1.29, 1.82) is 0 Å². The van der Waals surface area contributed by atoms with Gasteiger partial charge in [0.05, 0.1) is 17.8 Å². The van der Waals surface area contributed by atoms with Gasteiger partial charge in [-0.3, -0.25) is 4.99 Å². The molecule has 1 N–H and O–H groups in total. The molecule has 23 heavy (non-hydrogen) atoms. The predicted octanol–water partition coefficient (Wildman–Crippen LogP) is 4.70. The summed E-state index contributed by atoms with van der Waals surface area (Å²) in [6.07, 6.45) is 7.94. The smallest absolute Gasteiger partial charge is 0.335 e. The van der Waals surface area contributed by atoms with E-state index in [1.54, 1.807) is 25.3 Å². The molecule has 0 atom stereocenters. The molecule has 1 aromatic carbocycles. The number of carbonyl (C=O) groups is 1. The Hall–Kier alpha value is -2.36. The van der Waals surface area contributed by atoms with Crippen LogP contribution < -0.4 is 0 Å². The van der Waals surface area contributed by atoms with Gasteiger partial charge in [0.2, 0.25) is 0 Å². The van der Waals surface area contributed by atoms with Gasteiger partial charge in [-0.1, -0.05) is 31.4 Å². The minimum atomic E-state index is -0.921. The Balaban J connectivity index is 1.77. The van der Waals surface area contributed by atoms with E-state index < -0.39 is 5.97 Å². The SMILES string of the molecule is Cc1ccc(-c2ccc(C=NC3CCCCC3)o2)cc1C(=O)O. The molecule has 1 fully saturated rings. The molecule has 3 rings (SSSR count). The second-order valence-electron chi connectivity index (χ2n) is 6.11. The normalized spacial score (nSPS) is 16.0. The molecule has 0 spiro atoms. The van der Waals surface area contributed by atoms with E-state index in [4.69, 9.17) is 4.42 Å². The molecule has 0 bridgehead atoms. The number of aromatic carboxylic acids is 1. The van der Waals surface area contributed by atoms with Crippen LogP contribution >= 0.6 is 0 Å². The van der Waals surface area contributed by atoms with Crippen molar-refractivity contribution < 1.29 is 14.3 Å². The maximum Gasteiger partial charge on any atom is 0.335 e. The van der Waals surface area contributed by atoms with Gasteiger partial charge in [-0.25, -0.2) is 4.79 Å². The van der Waals surface area contributed by atoms with Gasteiger partial charge < -0.3 is 9.52 Å². The maximum atomic E-state index is 11.2. The van der Waals surface area contributed by atoms with Crippen molar-refractivity contribution in [1.82, 2.24) is 0 Å². The summed E-state index contributed by atoms with van der Waals surface area (Å²) in [6, 6.07) is 9.48. The fourth-order valence-corrected chi connectivity index (χ4v) is 2.99. The van der Waals surface area contributed by atoms with Crippen LogP contribution in [0.4, 0.5) is 0 Å². The van der Waals surface area contributed by atoms with E-state index in [0.29, 0.717) is 23.1 Å². The molecule has 0 radical (unpaired) electrons. The zero-order valence-electron chi connectivity index (χ0n) is 13.3. The molecule has 1 saturated carbocycles. The van der Waals surface area contributed by atoms with Crippen molar-refractivity contribution in [2.75, 3.05) is 0 Å². The zero-order chi connectivity index (χ0) is 16.2. The van der Waals surface area contributed by atoms with Crippen LogP contribution in [0.25, 0.3) is 11.3 Å². The first kappa shape index (κ1) is 15.5. The fourth-order valence-electron chi connectivity index (χ4n) is 2.99. The quantitative estimate of drug-likeness (QED) is 0.832. The highest BCUT2D eigenvalue weighted by Crippen LogP contribution is 2.25. The Morgan fingerprint density at radius 1 is 1.22 bits per heavy atom. The molecule has 1 heterocycles. The molecule has 0 saturated heterocycles. The Bertz CT molecular complexity index is 724. The van der Waals surface area contributed by atoms with E-state index in [2.05, 4.69) is 4.99 Å². The molecule has 1 aromatic heterocycles. The summed E-state index contributed by atoms with van der Waals surface area (Å²) in [5.74, 6) is 0.454. The minimum absolute atomic E-state index is 0.302. The fraction of sp³-hybridized carbons (Fsp3) is 0.368. The van der Waals surface area contributed by atoms with Gasteiger partial charge >= 0.3 is 5.97 Å². The van der Waals surface area contributed by atoms with Crippen LogP contribution in [0.15, 0.2) is 39.7 Å². The van der Waals surface area contributed by atoms with Crippen molar-refractivity contribution >= 4 is 12.2 Å². The Morgan fingerprint density at radius 2 is 2.00 bits per heavy atom. The summed E-state index contributed by atoms with van der Waals surface area (Å²) in [6.45, 7) is 1.79. The molecular formula is C19H21NO3. The number of carboxylic acids is 1. The number of furan rings is 1. The lowest BCUT2D eigenvalue weighted by Gasteiger charge is -2.16. The van der Waals surface area contributed by atoms with Crippen molar-refractivity contribution in [2.24, 2.45) is 4.99 Å². The van der Waals surface area contributed by atoms with Gasteiger partial charge in [0, 0.05) is 5.56 Å². The van der Waals surface area contributed by atoms with E-state index in [1.807, 2.05) is 18.2 Å². The third kappa shape index (κ3) is 3.70. The zero-order valence-corrected chi connectivity index (χ0v) is 13.3. The van der Waals surface area contributed by atoms with E-state index in [9.17, 15) is 9.90 Å². The molecule has 1 aliphatic rings. The van der Waals surface area contributed by atoms with E-state index in [0.717, 1.165) is 24.0 Å². The monoisotopic (exact) mass is 311 g/mol. The Morgan fingerprint density at radius 3 is 2.74 bits per heavy atom. The lowest BCUT2D eigenvalue weighted by Crippen LogP contribution is -2.09. The molecule has 4 nitrogen and oxygen atoms in total. The average molecular weight is 311 g/mol. The lowest BCUT2D eigenvalue weighted by atomic mass is 9.96. The van der Waals surface area contributed by atoms with Gasteiger partial charge in [-0.15, -0.1) is 0 Å². The molecule has 0 aliphatic heterocycles. The van der Waals surface area contributed by atoms with Crippen LogP contribution in [-0.4, -0.2) is 23.3 Å². The summed E-state index contributed by atoms with van der Waals surface area (Å²) in [5.41, 5.74) is 1.81. The molecule has 0 amide bonds. The van der Waals surface area contributed by atoms with Crippen molar-refractivity contribution in [2.45, 2.75) is 45.1 Å². The lowest BCUT2D eigenvalue weighted by molar-refractivity contribution is 0.0696. The molecule has 2 aromatic rings. The minimum Gasteiger partial charge on any atom is -0.478 e. The van der Waals surface area contributed by atoms with Gasteiger partial charge in [-0.2, -0.15) is 0 Å².